The number of aromatic nitrogens is 2. The lowest BCUT2D eigenvalue weighted by atomic mass is 10.2. The summed E-state index contributed by atoms with van der Waals surface area (Å²) in [6, 6.07) is 2.77. The van der Waals surface area contributed by atoms with Gasteiger partial charge in [0.15, 0.2) is 5.82 Å². The molecule has 0 aliphatic heterocycles. The number of rotatable bonds is 4. The van der Waals surface area contributed by atoms with Crippen LogP contribution in [0.5, 0.6) is 0 Å². The Labute approximate surface area is 132 Å². The second-order valence-corrected chi connectivity index (χ2v) is 5.27. The van der Waals surface area contributed by atoms with Crippen LogP contribution in [0, 0.1) is 11.6 Å². The van der Waals surface area contributed by atoms with Crippen molar-refractivity contribution in [1.29, 1.82) is 0 Å². The minimum atomic E-state index is -0.931. The highest BCUT2D eigenvalue weighted by Gasteiger charge is 2.17. The summed E-state index contributed by atoms with van der Waals surface area (Å²) in [6.07, 6.45) is 1.44. The molecule has 8 heteroatoms. The highest BCUT2D eigenvalue weighted by molar-refractivity contribution is 6.05. The van der Waals surface area contributed by atoms with Crippen LogP contribution in [0.25, 0.3) is 0 Å². The van der Waals surface area contributed by atoms with Crippen molar-refractivity contribution in [2.75, 3.05) is 43.3 Å². The first-order valence-electron chi connectivity index (χ1n) is 6.77. The summed E-state index contributed by atoms with van der Waals surface area (Å²) in [4.78, 5) is 24.1. The van der Waals surface area contributed by atoms with E-state index in [-0.39, 0.29) is 5.56 Å². The molecule has 0 saturated heterocycles. The number of anilines is 3. The molecule has 122 valence electrons. The fraction of sp³-hybridized carbons (Fsp3) is 0.267. The third kappa shape index (κ3) is 3.71. The number of carbonyl (C=O) groups excluding carboxylic acids is 1. The molecular formula is C15H17F2N5O. The maximum Gasteiger partial charge on any atom is 0.258 e. The maximum absolute atomic E-state index is 13.7. The fourth-order valence-electron chi connectivity index (χ4n) is 1.87. The lowest BCUT2D eigenvalue weighted by Crippen LogP contribution is -2.21. The van der Waals surface area contributed by atoms with E-state index in [4.69, 9.17) is 0 Å². The van der Waals surface area contributed by atoms with E-state index in [0.717, 1.165) is 12.1 Å². The van der Waals surface area contributed by atoms with Crippen LogP contribution in [0.2, 0.25) is 0 Å². The van der Waals surface area contributed by atoms with Gasteiger partial charge in [-0.3, -0.25) is 4.79 Å². The third-order valence-corrected chi connectivity index (χ3v) is 3.00. The van der Waals surface area contributed by atoms with E-state index >= 15 is 0 Å². The Morgan fingerprint density at radius 3 is 2.39 bits per heavy atom. The molecule has 0 spiro atoms. The number of amides is 1. The van der Waals surface area contributed by atoms with Crippen molar-refractivity contribution in [3.63, 3.8) is 0 Å². The van der Waals surface area contributed by atoms with Crippen molar-refractivity contribution >= 4 is 23.4 Å². The number of hydrogen-bond donors (Lipinski definition) is 1. The molecule has 6 nitrogen and oxygen atoms in total. The summed E-state index contributed by atoms with van der Waals surface area (Å²) < 4.78 is 26.6. The first kappa shape index (κ1) is 16.6. The van der Waals surface area contributed by atoms with Gasteiger partial charge in [0.25, 0.3) is 5.91 Å². The zero-order chi connectivity index (χ0) is 17.1. The molecule has 0 aliphatic rings. The maximum atomic E-state index is 13.7. The normalized spacial score (nSPS) is 10.3. The van der Waals surface area contributed by atoms with Gasteiger partial charge in [0, 0.05) is 34.3 Å². The molecule has 0 unspecified atom stereocenters. The third-order valence-electron chi connectivity index (χ3n) is 3.00. The van der Waals surface area contributed by atoms with Crippen LogP contribution in [0.4, 0.5) is 26.2 Å². The quantitative estimate of drug-likeness (QED) is 0.935. The van der Waals surface area contributed by atoms with E-state index in [1.807, 2.05) is 0 Å². The van der Waals surface area contributed by atoms with Crippen molar-refractivity contribution in [3.8, 4) is 0 Å². The Hall–Kier alpha value is -2.77. The summed E-state index contributed by atoms with van der Waals surface area (Å²) in [6.45, 7) is 0. The molecule has 2 rings (SSSR count). The predicted octanol–water partition coefficient (Wildman–Crippen LogP) is 2.14. The van der Waals surface area contributed by atoms with Crippen molar-refractivity contribution in [2.45, 2.75) is 0 Å². The molecule has 23 heavy (non-hydrogen) atoms. The van der Waals surface area contributed by atoms with Crippen LogP contribution in [0.15, 0.2) is 24.4 Å². The van der Waals surface area contributed by atoms with Gasteiger partial charge in [-0.15, -0.1) is 0 Å². The molecule has 0 radical (unpaired) electrons. The van der Waals surface area contributed by atoms with Gasteiger partial charge in [-0.2, -0.15) is 4.98 Å². The van der Waals surface area contributed by atoms with Gasteiger partial charge < -0.3 is 15.1 Å². The van der Waals surface area contributed by atoms with Crippen molar-refractivity contribution < 1.29 is 13.6 Å². The highest BCUT2D eigenvalue weighted by Crippen LogP contribution is 2.24. The molecule has 1 amide bonds. The Kier molecular flexibility index (Phi) is 4.73. The topological polar surface area (TPSA) is 61.4 Å². The molecule has 0 bridgehead atoms. The highest BCUT2D eigenvalue weighted by atomic mass is 19.1. The van der Waals surface area contributed by atoms with Crippen molar-refractivity contribution in [1.82, 2.24) is 9.97 Å². The van der Waals surface area contributed by atoms with Gasteiger partial charge in [0.2, 0.25) is 5.95 Å². The van der Waals surface area contributed by atoms with E-state index in [2.05, 4.69) is 15.3 Å². The molecule has 1 heterocycles. The second-order valence-electron chi connectivity index (χ2n) is 5.27. The Balaban J connectivity index is 2.33. The van der Waals surface area contributed by atoms with Crippen LogP contribution >= 0.6 is 0 Å². The average Bonchev–Trinajstić information content (AvgIpc) is 2.46. The van der Waals surface area contributed by atoms with Crippen molar-refractivity contribution in [3.05, 3.63) is 41.6 Å². The Bertz CT molecular complexity index is 734. The van der Waals surface area contributed by atoms with Crippen LogP contribution < -0.4 is 15.1 Å². The largest absolute Gasteiger partial charge is 0.361 e. The first-order valence-corrected chi connectivity index (χ1v) is 6.77. The summed E-state index contributed by atoms with van der Waals surface area (Å²) in [7, 11) is 7.10. The summed E-state index contributed by atoms with van der Waals surface area (Å²) in [5, 5.41) is 2.55. The molecule has 0 fully saturated rings. The number of hydrogen-bond acceptors (Lipinski definition) is 5. The van der Waals surface area contributed by atoms with Gasteiger partial charge in [-0.1, -0.05) is 0 Å². The van der Waals surface area contributed by atoms with Gasteiger partial charge >= 0.3 is 0 Å². The number of halogens is 2. The SMILES string of the molecule is CN(C)c1ncc(NC(=O)c2ccc(F)cc2F)c(N(C)C)n1. The number of benzene rings is 1. The monoisotopic (exact) mass is 321 g/mol. The molecule has 0 saturated carbocycles. The van der Waals surface area contributed by atoms with Gasteiger partial charge in [0.1, 0.15) is 17.3 Å². The van der Waals surface area contributed by atoms with Crippen LogP contribution in [0.1, 0.15) is 10.4 Å². The smallest absolute Gasteiger partial charge is 0.258 e. The second kappa shape index (κ2) is 6.55. The summed E-state index contributed by atoms with van der Waals surface area (Å²) >= 11 is 0. The standard InChI is InChI=1S/C15H17F2N5O/c1-21(2)13-12(8-18-15(20-13)22(3)4)19-14(23)10-6-5-9(16)7-11(10)17/h5-8H,1-4H3,(H,19,23). The van der Waals surface area contributed by atoms with Crippen LogP contribution in [0.3, 0.4) is 0 Å². The lowest BCUT2D eigenvalue weighted by Gasteiger charge is -2.19. The Morgan fingerprint density at radius 1 is 1.13 bits per heavy atom. The van der Waals surface area contributed by atoms with E-state index in [1.165, 1.54) is 6.20 Å². The average molecular weight is 321 g/mol. The summed E-state index contributed by atoms with van der Waals surface area (Å²) in [5.41, 5.74) is 0.0714. The van der Waals surface area contributed by atoms with Gasteiger partial charge in [0.05, 0.1) is 11.8 Å². The number of nitrogens with one attached hydrogen (secondary N) is 1. The zero-order valence-electron chi connectivity index (χ0n) is 13.3. The molecular weight excluding hydrogens is 304 g/mol. The van der Waals surface area contributed by atoms with Gasteiger partial charge in [-0.25, -0.2) is 13.8 Å². The predicted molar refractivity (Wildman–Crippen MR) is 85.0 cm³/mol. The molecule has 1 N–H and O–H groups in total. The minimum absolute atomic E-state index is 0.257. The number of nitrogens with zero attached hydrogens (tertiary/aromatic N) is 4. The molecule has 1 aromatic heterocycles. The van der Waals surface area contributed by atoms with E-state index in [9.17, 15) is 13.6 Å². The van der Waals surface area contributed by atoms with Crippen LogP contribution in [-0.4, -0.2) is 44.1 Å². The molecule has 0 atom stereocenters. The van der Waals surface area contributed by atoms with E-state index < -0.39 is 17.5 Å². The van der Waals surface area contributed by atoms with E-state index in [0.29, 0.717) is 23.5 Å². The number of carbonyl (C=O) groups is 1. The Morgan fingerprint density at radius 2 is 1.83 bits per heavy atom. The molecule has 1 aromatic carbocycles. The zero-order valence-corrected chi connectivity index (χ0v) is 13.3. The first-order chi connectivity index (χ1) is 10.8. The lowest BCUT2D eigenvalue weighted by molar-refractivity contribution is 0.102. The van der Waals surface area contributed by atoms with Gasteiger partial charge in [-0.05, 0) is 12.1 Å². The fourth-order valence-corrected chi connectivity index (χ4v) is 1.87. The summed E-state index contributed by atoms with van der Waals surface area (Å²) in [5.74, 6) is -1.43. The molecule has 0 aliphatic carbocycles. The van der Waals surface area contributed by atoms with Crippen molar-refractivity contribution in [2.24, 2.45) is 0 Å². The van der Waals surface area contributed by atoms with Crippen LogP contribution in [-0.2, 0) is 0 Å². The van der Waals surface area contributed by atoms with E-state index in [1.54, 1.807) is 38.0 Å². The molecule has 2 aromatic rings. The minimum Gasteiger partial charge on any atom is -0.361 e.